The summed E-state index contributed by atoms with van der Waals surface area (Å²) in [6.07, 6.45) is 0. The number of aliphatic hydroxyl groups is 1. The fourth-order valence-corrected chi connectivity index (χ4v) is 1.06. The van der Waals surface area contributed by atoms with E-state index in [0.717, 1.165) is 0 Å². The van der Waals surface area contributed by atoms with Gasteiger partial charge in [0.2, 0.25) is 0 Å². The van der Waals surface area contributed by atoms with E-state index >= 15 is 0 Å². The zero-order valence-electron chi connectivity index (χ0n) is 6.82. The molecule has 0 spiro atoms. The number of anilines is 1. The Bertz CT molecular complexity index is 349. The van der Waals surface area contributed by atoms with Gasteiger partial charge < -0.3 is 21.7 Å². The lowest BCUT2D eigenvalue weighted by atomic mass is 10.1. The standard InChI is InChI=1S/C8H10N2O3/c9-5-2-1-4(3-11)6(7(5)12)8(10)13/h1-2,11-12H,3,9H2,(H2,10,13). The van der Waals surface area contributed by atoms with E-state index in [1.165, 1.54) is 12.1 Å². The SMILES string of the molecule is NC(=O)c1c(CO)ccc(N)c1O. The Labute approximate surface area is 74.6 Å². The van der Waals surface area contributed by atoms with Crippen molar-refractivity contribution in [2.24, 2.45) is 5.73 Å². The van der Waals surface area contributed by atoms with Crippen LogP contribution in [0, 0.1) is 0 Å². The van der Waals surface area contributed by atoms with Crippen LogP contribution in [-0.4, -0.2) is 16.1 Å². The van der Waals surface area contributed by atoms with Gasteiger partial charge in [-0.3, -0.25) is 4.79 Å². The van der Waals surface area contributed by atoms with Gasteiger partial charge in [0, 0.05) is 0 Å². The topological polar surface area (TPSA) is 110 Å². The maximum absolute atomic E-state index is 10.8. The molecule has 1 aromatic carbocycles. The van der Waals surface area contributed by atoms with Gasteiger partial charge in [0.15, 0.2) is 5.75 Å². The van der Waals surface area contributed by atoms with Gasteiger partial charge in [-0.05, 0) is 11.6 Å². The summed E-state index contributed by atoms with van der Waals surface area (Å²) in [7, 11) is 0. The van der Waals surface area contributed by atoms with E-state index in [1.807, 2.05) is 0 Å². The first-order chi connectivity index (χ1) is 6.07. The second kappa shape index (κ2) is 3.32. The second-order valence-electron chi connectivity index (χ2n) is 2.56. The van der Waals surface area contributed by atoms with Crippen LogP contribution in [0.25, 0.3) is 0 Å². The Morgan fingerprint density at radius 1 is 1.46 bits per heavy atom. The summed E-state index contributed by atoms with van der Waals surface area (Å²) >= 11 is 0. The molecule has 0 saturated carbocycles. The molecule has 0 unspecified atom stereocenters. The van der Waals surface area contributed by atoms with Crippen molar-refractivity contribution < 1.29 is 15.0 Å². The van der Waals surface area contributed by atoms with E-state index in [2.05, 4.69) is 0 Å². The predicted octanol–water partition coefficient (Wildman–Crippen LogP) is -0.434. The third-order valence-electron chi connectivity index (χ3n) is 1.71. The molecule has 0 saturated heterocycles. The van der Waals surface area contributed by atoms with E-state index in [4.69, 9.17) is 16.6 Å². The Kier molecular flexibility index (Phi) is 2.39. The highest BCUT2D eigenvalue weighted by Gasteiger charge is 2.14. The molecule has 0 radical (unpaired) electrons. The molecule has 0 aromatic heterocycles. The van der Waals surface area contributed by atoms with Gasteiger partial charge in [-0.1, -0.05) is 6.07 Å². The number of aliphatic hydroxyl groups excluding tert-OH is 1. The molecule has 0 fully saturated rings. The minimum absolute atomic E-state index is 0.0611. The van der Waals surface area contributed by atoms with Gasteiger partial charge in [-0.2, -0.15) is 0 Å². The third kappa shape index (κ3) is 1.54. The fraction of sp³-hybridized carbons (Fsp3) is 0.125. The Balaban J connectivity index is 3.41. The normalized spacial score (nSPS) is 9.92. The monoisotopic (exact) mass is 182 g/mol. The molecule has 1 amide bonds. The van der Waals surface area contributed by atoms with Crippen molar-refractivity contribution in [1.82, 2.24) is 0 Å². The number of carbonyl (C=O) groups is 1. The lowest BCUT2D eigenvalue weighted by Crippen LogP contribution is -2.14. The van der Waals surface area contributed by atoms with E-state index in [1.54, 1.807) is 0 Å². The average molecular weight is 182 g/mol. The van der Waals surface area contributed by atoms with Gasteiger partial charge in [0.25, 0.3) is 5.91 Å². The van der Waals surface area contributed by atoms with Crippen LogP contribution in [0.15, 0.2) is 12.1 Å². The summed E-state index contributed by atoms with van der Waals surface area (Å²) in [6.45, 7) is -0.369. The molecule has 6 N–H and O–H groups in total. The van der Waals surface area contributed by atoms with Crippen LogP contribution in [0.2, 0.25) is 0 Å². The molecular formula is C8H10N2O3. The molecule has 1 rings (SSSR count). The number of aromatic hydroxyl groups is 1. The van der Waals surface area contributed by atoms with Crippen LogP contribution in [0.1, 0.15) is 15.9 Å². The highest BCUT2D eigenvalue weighted by atomic mass is 16.3. The highest BCUT2D eigenvalue weighted by Crippen LogP contribution is 2.27. The number of phenols is 1. The predicted molar refractivity (Wildman–Crippen MR) is 47.0 cm³/mol. The van der Waals surface area contributed by atoms with Gasteiger partial charge in [0.1, 0.15) is 0 Å². The van der Waals surface area contributed by atoms with Crippen LogP contribution < -0.4 is 11.5 Å². The van der Waals surface area contributed by atoms with Crippen LogP contribution in [0.3, 0.4) is 0 Å². The molecule has 0 atom stereocenters. The summed E-state index contributed by atoms with van der Waals surface area (Å²) in [5.74, 6) is -1.19. The largest absolute Gasteiger partial charge is 0.505 e. The second-order valence-corrected chi connectivity index (χ2v) is 2.56. The molecule has 0 aliphatic heterocycles. The first-order valence-electron chi connectivity index (χ1n) is 3.59. The van der Waals surface area contributed by atoms with Gasteiger partial charge >= 0.3 is 0 Å². The number of benzene rings is 1. The van der Waals surface area contributed by atoms with Crippen molar-refractivity contribution in [3.63, 3.8) is 0 Å². The van der Waals surface area contributed by atoms with Crippen molar-refractivity contribution in [2.45, 2.75) is 6.61 Å². The van der Waals surface area contributed by atoms with Crippen LogP contribution in [-0.2, 0) is 6.61 Å². The Morgan fingerprint density at radius 3 is 2.54 bits per heavy atom. The molecule has 0 aliphatic carbocycles. The van der Waals surface area contributed by atoms with Crippen molar-refractivity contribution in [3.05, 3.63) is 23.3 Å². The maximum Gasteiger partial charge on any atom is 0.252 e. The van der Waals surface area contributed by atoms with Crippen molar-refractivity contribution in [2.75, 3.05) is 5.73 Å². The van der Waals surface area contributed by atoms with Crippen molar-refractivity contribution >= 4 is 11.6 Å². The molecule has 13 heavy (non-hydrogen) atoms. The number of carbonyl (C=O) groups excluding carboxylic acids is 1. The minimum atomic E-state index is -0.811. The van der Waals surface area contributed by atoms with Gasteiger partial charge in [-0.15, -0.1) is 0 Å². The lowest BCUT2D eigenvalue weighted by Gasteiger charge is -2.07. The molecule has 1 aromatic rings. The Morgan fingerprint density at radius 2 is 2.08 bits per heavy atom. The minimum Gasteiger partial charge on any atom is -0.505 e. The van der Waals surface area contributed by atoms with E-state index in [9.17, 15) is 9.90 Å². The summed E-state index contributed by atoms with van der Waals surface area (Å²) in [5, 5.41) is 18.2. The van der Waals surface area contributed by atoms with Crippen LogP contribution in [0.4, 0.5) is 5.69 Å². The number of rotatable bonds is 2. The van der Waals surface area contributed by atoms with Crippen molar-refractivity contribution in [1.29, 1.82) is 0 Å². The number of hydrogen-bond donors (Lipinski definition) is 4. The molecular weight excluding hydrogens is 172 g/mol. The number of nitrogen functional groups attached to an aromatic ring is 1. The van der Waals surface area contributed by atoms with E-state index in [-0.39, 0.29) is 29.2 Å². The highest BCUT2D eigenvalue weighted by molar-refractivity contribution is 5.98. The van der Waals surface area contributed by atoms with Crippen molar-refractivity contribution in [3.8, 4) is 5.75 Å². The Hall–Kier alpha value is -1.75. The summed E-state index contributed by atoms with van der Waals surface area (Å²) in [6, 6.07) is 2.84. The van der Waals surface area contributed by atoms with E-state index < -0.39 is 5.91 Å². The number of nitrogens with two attached hydrogens (primary N) is 2. The molecule has 0 bridgehead atoms. The number of primary amides is 1. The quantitative estimate of drug-likeness (QED) is 0.367. The van der Waals surface area contributed by atoms with Gasteiger partial charge in [0.05, 0.1) is 17.9 Å². The first kappa shape index (κ1) is 9.34. The molecule has 0 heterocycles. The zero-order chi connectivity index (χ0) is 10.0. The number of amides is 1. The molecule has 5 heteroatoms. The van der Waals surface area contributed by atoms with Gasteiger partial charge in [-0.25, -0.2) is 0 Å². The average Bonchev–Trinajstić information content (AvgIpc) is 2.08. The third-order valence-corrected chi connectivity index (χ3v) is 1.71. The summed E-state index contributed by atoms with van der Waals surface area (Å²) in [5.41, 5.74) is 10.5. The number of hydrogen-bond acceptors (Lipinski definition) is 4. The fourth-order valence-electron chi connectivity index (χ4n) is 1.06. The molecule has 5 nitrogen and oxygen atoms in total. The summed E-state index contributed by atoms with van der Waals surface area (Å²) in [4.78, 5) is 10.8. The smallest absolute Gasteiger partial charge is 0.252 e. The zero-order valence-corrected chi connectivity index (χ0v) is 6.82. The molecule has 0 aliphatic rings. The first-order valence-corrected chi connectivity index (χ1v) is 3.59. The van der Waals surface area contributed by atoms with Crippen LogP contribution >= 0.6 is 0 Å². The summed E-state index contributed by atoms with van der Waals surface area (Å²) < 4.78 is 0. The van der Waals surface area contributed by atoms with Crippen LogP contribution in [0.5, 0.6) is 5.75 Å². The van der Waals surface area contributed by atoms with E-state index in [0.29, 0.717) is 0 Å². The lowest BCUT2D eigenvalue weighted by molar-refractivity contribution is 0.0994. The maximum atomic E-state index is 10.8. The molecule has 70 valence electrons.